The largest absolute Gasteiger partial charge is 0.506 e. The van der Waals surface area contributed by atoms with Crippen LogP contribution in [0.25, 0.3) is 0 Å². The van der Waals surface area contributed by atoms with E-state index in [-0.39, 0.29) is 74.4 Å². The molecule has 2 aromatic carbocycles. The molecule has 0 bridgehead atoms. The molecule has 0 aliphatic heterocycles. The zero-order chi connectivity index (χ0) is 32.9. The number of hydrogen-bond donors (Lipinski definition) is 4. The molecule has 0 saturated carbocycles. The summed E-state index contributed by atoms with van der Waals surface area (Å²) in [6, 6.07) is 6.79. The van der Waals surface area contributed by atoms with Gasteiger partial charge >= 0.3 is 0 Å². The number of imidazole rings is 2. The number of phenols is 2. The van der Waals surface area contributed by atoms with Gasteiger partial charge < -0.3 is 29.6 Å². The van der Waals surface area contributed by atoms with E-state index in [1.807, 2.05) is 13.8 Å². The monoisotopic (exact) mass is 705 g/mol. The van der Waals surface area contributed by atoms with Gasteiger partial charge in [-0.25, -0.2) is 0 Å². The van der Waals surface area contributed by atoms with E-state index in [2.05, 4.69) is 20.5 Å². The standard InChI is InChI=1S/2C12H13N5O4S.Co/c2*1-3-16-11(19)10(15(2)12(16)22)14-13-8-6-7(17(20)21)4-5-9(8)18;/h2*4-6,18-19H,3H2,1-2H3;. The van der Waals surface area contributed by atoms with Gasteiger partial charge in [-0.3, -0.25) is 29.4 Å². The van der Waals surface area contributed by atoms with Crippen LogP contribution in [0.1, 0.15) is 13.8 Å². The maximum absolute atomic E-state index is 10.7. The first-order valence-corrected chi connectivity index (χ1v) is 13.3. The molecule has 0 aliphatic rings. The summed E-state index contributed by atoms with van der Waals surface area (Å²) in [5.74, 6) is -0.655. The average Bonchev–Trinajstić information content (AvgIpc) is 3.32. The maximum Gasteiger partial charge on any atom is 0.271 e. The molecule has 18 nitrogen and oxygen atoms in total. The zero-order valence-corrected chi connectivity index (χ0v) is 26.6. The number of benzene rings is 2. The molecule has 21 heteroatoms. The number of aromatic nitrogens is 4. The minimum atomic E-state index is -0.606. The second kappa shape index (κ2) is 15.1. The Morgan fingerprint density at radius 1 is 0.689 bits per heavy atom. The molecule has 0 saturated heterocycles. The van der Waals surface area contributed by atoms with Gasteiger partial charge in [0.15, 0.2) is 9.54 Å². The van der Waals surface area contributed by atoms with Crippen molar-refractivity contribution >= 4 is 58.8 Å². The molecule has 0 fully saturated rings. The smallest absolute Gasteiger partial charge is 0.271 e. The van der Waals surface area contributed by atoms with E-state index in [4.69, 9.17) is 24.4 Å². The topological polar surface area (TPSA) is 236 Å². The molecule has 2 heterocycles. The van der Waals surface area contributed by atoms with E-state index >= 15 is 0 Å². The average molecular weight is 706 g/mol. The van der Waals surface area contributed by atoms with Crippen LogP contribution in [0.3, 0.4) is 0 Å². The second-order valence-electron chi connectivity index (χ2n) is 8.73. The molecule has 0 atom stereocenters. The second-order valence-corrected chi connectivity index (χ2v) is 9.46. The van der Waals surface area contributed by atoms with Gasteiger partial charge in [0.05, 0.1) is 9.85 Å². The molecular weight excluding hydrogens is 679 g/mol. The number of phenolic OH excluding ortho intramolecular Hbond substituents is 2. The van der Waals surface area contributed by atoms with Crippen LogP contribution in [0.15, 0.2) is 56.9 Å². The fourth-order valence-electron chi connectivity index (χ4n) is 3.67. The third-order valence-corrected chi connectivity index (χ3v) is 7.05. The van der Waals surface area contributed by atoms with Crippen LogP contribution in [-0.2, 0) is 44.0 Å². The third-order valence-electron chi connectivity index (χ3n) is 6.06. The Bertz CT molecular complexity index is 1790. The van der Waals surface area contributed by atoms with Gasteiger partial charge in [-0.2, -0.15) is 0 Å². The van der Waals surface area contributed by atoms with Crippen molar-refractivity contribution in [3.63, 3.8) is 0 Å². The van der Waals surface area contributed by atoms with Crippen LogP contribution in [-0.4, -0.2) is 48.5 Å². The van der Waals surface area contributed by atoms with Gasteiger partial charge in [0.25, 0.3) is 11.4 Å². The summed E-state index contributed by atoms with van der Waals surface area (Å²) < 4.78 is 6.53. The first-order valence-electron chi connectivity index (χ1n) is 12.5. The van der Waals surface area contributed by atoms with Crippen LogP contribution < -0.4 is 0 Å². The van der Waals surface area contributed by atoms with Crippen LogP contribution in [0, 0.1) is 29.8 Å². The predicted octanol–water partition coefficient (Wildman–Crippen LogP) is 6.62. The Morgan fingerprint density at radius 2 is 1.02 bits per heavy atom. The SMILES string of the molecule is CCn1c(O)c(N=Nc2cc([N+](=O)[O-])ccc2O)n(C)c1=S.CCn1c(O)c(N=Nc2cc([N+](=O)[O-])ccc2O)n(C)c1=S.[Co]. The van der Waals surface area contributed by atoms with Crippen molar-refractivity contribution in [1.82, 2.24) is 18.3 Å². The van der Waals surface area contributed by atoms with Gasteiger partial charge in [-0.15, -0.1) is 20.5 Å². The van der Waals surface area contributed by atoms with Gasteiger partial charge in [0.1, 0.15) is 22.9 Å². The minimum Gasteiger partial charge on any atom is -0.506 e. The van der Waals surface area contributed by atoms with E-state index in [0.29, 0.717) is 22.6 Å². The van der Waals surface area contributed by atoms with Crippen molar-refractivity contribution in [3.8, 4) is 23.3 Å². The fourth-order valence-corrected chi connectivity index (χ4v) is 4.28. The number of non-ortho nitro benzene ring substituents is 2. The number of nitrogens with zero attached hydrogens (tertiary/aromatic N) is 10. The Hall–Kier alpha value is -4.99. The third kappa shape index (κ3) is 7.75. The molecule has 1 radical (unpaired) electrons. The molecular formula is C24H26CoN10O8S2. The number of nitro groups is 2. The van der Waals surface area contributed by atoms with Gasteiger partial charge in [0, 0.05) is 68.2 Å². The van der Waals surface area contributed by atoms with Crippen molar-refractivity contribution in [1.29, 1.82) is 0 Å². The Labute approximate surface area is 274 Å². The van der Waals surface area contributed by atoms with E-state index in [0.717, 1.165) is 36.4 Å². The van der Waals surface area contributed by atoms with Crippen LogP contribution in [0.5, 0.6) is 23.3 Å². The summed E-state index contributed by atoms with van der Waals surface area (Å²) in [7, 11) is 3.21. The zero-order valence-electron chi connectivity index (χ0n) is 23.9. The van der Waals surface area contributed by atoms with Gasteiger partial charge in [-0.1, -0.05) is 0 Å². The number of azo groups is 2. The summed E-state index contributed by atoms with van der Waals surface area (Å²) >= 11 is 10.3. The normalized spacial score (nSPS) is 10.9. The molecule has 0 spiro atoms. The Balaban J connectivity index is 0.000000307. The number of rotatable bonds is 8. The van der Waals surface area contributed by atoms with Gasteiger partial charge in [0.2, 0.25) is 23.4 Å². The van der Waals surface area contributed by atoms with Crippen molar-refractivity contribution < 1.29 is 47.1 Å². The van der Waals surface area contributed by atoms with E-state index in [1.165, 1.54) is 18.3 Å². The van der Waals surface area contributed by atoms with E-state index in [1.54, 1.807) is 14.1 Å². The predicted molar refractivity (Wildman–Crippen MR) is 161 cm³/mol. The van der Waals surface area contributed by atoms with Crippen LogP contribution in [0.4, 0.5) is 34.4 Å². The molecule has 45 heavy (non-hydrogen) atoms. The molecule has 4 aromatic rings. The van der Waals surface area contributed by atoms with Crippen molar-refractivity contribution in [2.45, 2.75) is 26.9 Å². The first-order chi connectivity index (χ1) is 20.7. The van der Waals surface area contributed by atoms with E-state index in [9.17, 15) is 40.7 Å². The Morgan fingerprint density at radius 3 is 1.29 bits per heavy atom. The summed E-state index contributed by atoms with van der Waals surface area (Å²) in [6.45, 7) is 4.53. The van der Waals surface area contributed by atoms with Crippen molar-refractivity contribution in [2.75, 3.05) is 0 Å². The first kappa shape index (κ1) is 36.2. The quantitative estimate of drug-likeness (QED) is 0.0661. The van der Waals surface area contributed by atoms with Gasteiger partial charge in [-0.05, 0) is 50.4 Å². The summed E-state index contributed by atoms with van der Waals surface area (Å²) in [4.78, 5) is 20.2. The molecule has 0 unspecified atom stereocenters. The fraction of sp³-hybridized carbons (Fsp3) is 0.250. The molecule has 2 aromatic heterocycles. The molecule has 0 aliphatic carbocycles. The molecule has 4 rings (SSSR count). The van der Waals surface area contributed by atoms with Crippen molar-refractivity contribution in [2.24, 2.45) is 34.6 Å². The van der Waals surface area contributed by atoms with E-state index < -0.39 is 9.85 Å². The number of aromatic hydroxyl groups is 4. The number of nitro benzene ring substituents is 2. The molecule has 0 amide bonds. The van der Waals surface area contributed by atoms with Crippen molar-refractivity contribution in [3.05, 3.63) is 66.2 Å². The van der Waals surface area contributed by atoms with Crippen LogP contribution >= 0.6 is 24.4 Å². The minimum absolute atomic E-state index is 0. The summed E-state index contributed by atoms with van der Waals surface area (Å²) in [5, 5.41) is 76.0. The summed E-state index contributed by atoms with van der Waals surface area (Å²) in [5.41, 5.74) is -0.613. The maximum atomic E-state index is 10.7. The summed E-state index contributed by atoms with van der Waals surface area (Å²) in [6.07, 6.45) is 0. The number of hydrogen-bond acceptors (Lipinski definition) is 14. The molecule has 4 N–H and O–H groups in total. The van der Waals surface area contributed by atoms with Crippen LogP contribution in [0.2, 0.25) is 0 Å². The Kier molecular flexibility index (Phi) is 12.2. The molecule has 241 valence electrons.